The summed E-state index contributed by atoms with van der Waals surface area (Å²) in [6.45, 7) is 3.90. The average molecular weight is 210 g/mol. The Morgan fingerprint density at radius 1 is 1.54 bits per heavy atom. The maximum atomic E-state index is 10.3. The first-order chi connectivity index (χ1) is 5.99. The molecule has 0 aliphatic heterocycles. The first-order valence-electron chi connectivity index (χ1n) is 3.68. The van der Waals surface area contributed by atoms with Gasteiger partial charge in [0.1, 0.15) is 6.04 Å². The van der Waals surface area contributed by atoms with Crippen LogP contribution in [0.3, 0.4) is 0 Å². The molecule has 7 heteroatoms. The maximum absolute atomic E-state index is 10.3. The van der Waals surface area contributed by atoms with Crippen molar-refractivity contribution in [1.82, 2.24) is 4.84 Å². The van der Waals surface area contributed by atoms with E-state index in [2.05, 4.69) is 4.84 Å². The van der Waals surface area contributed by atoms with Crippen molar-refractivity contribution >= 4 is 25.4 Å². The molecule has 0 saturated carbocycles. The molecule has 5 nitrogen and oxygen atoms in total. The predicted octanol–water partition coefficient (Wildman–Crippen LogP) is -0.266. The second-order valence-corrected chi connectivity index (χ2v) is 2.96. The summed E-state index contributed by atoms with van der Waals surface area (Å²) in [5.74, 6) is -0.559. The van der Waals surface area contributed by atoms with E-state index >= 15 is 0 Å². The van der Waals surface area contributed by atoms with E-state index < -0.39 is 12.0 Å². The Kier molecular flexibility index (Phi) is 11.4. The second kappa shape index (κ2) is 9.79. The molecule has 0 aliphatic rings. The van der Waals surface area contributed by atoms with Crippen molar-refractivity contribution in [2.75, 3.05) is 0 Å². The standard InChI is InChI=1S/C6H12ClNO2.BH2O2/c1-4(2)3-5(8-7)6(9)10;2-1-3/h4-5,8H,3H2,1-2H3,(H,9,10);2-3H/t5-;/m0./s1. The van der Waals surface area contributed by atoms with Crippen LogP contribution in [0, 0.1) is 5.92 Å². The van der Waals surface area contributed by atoms with Crippen LogP contribution >= 0.6 is 11.8 Å². The average Bonchev–Trinajstić information content (AvgIpc) is 2.00. The van der Waals surface area contributed by atoms with E-state index in [4.69, 9.17) is 26.9 Å². The van der Waals surface area contributed by atoms with E-state index in [0.29, 0.717) is 12.3 Å². The van der Waals surface area contributed by atoms with E-state index in [1.165, 1.54) is 0 Å². The minimum Gasteiger partial charge on any atom is -0.480 e. The Bertz CT molecular complexity index is 136. The zero-order chi connectivity index (χ0) is 10.9. The van der Waals surface area contributed by atoms with Gasteiger partial charge in [-0.15, -0.1) is 0 Å². The Morgan fingerprint density at radius 2 is 1.92 bits per heavy atom. The van der Waals surface area contributed by atoms with Gasteiger partial charge < -0.3 is 15.2 Å². The summed E-state index contributed by atoms with van der Waals surface area (Å²) in [6, 6.07) is -0.623. The molecule has 0 spiro atoms. The summed E-state index contributed by atoms with van der Waals surface area (Å²) in [5, 5.41) is 22.5. The maximum Gasteiger partial charge on any atom is 0.482 e. The van der Waals surface area contributed by atoms with Gasteiger partial charge in [-0.25, -0.2) is 4.84 Å². The number of aliphatic carboxylic acids is 1. The molecule has 0 saturated heterocycles. The van der Waals surface area contributed by atoms with Gasteiger partial charge in [-0.2, -0.15) is 0 Å². The largest absolute Gasteiger partial charge is 0.482 e. The number of nitrogens with one attached hydrogen (secondary N) is 1. The van der Waals surface area contributed by atoms with Gasteiger partial charge in [-0.1, -0.05) is 13.8 Å². The van der Waals surface area contributed by atoms with E-state index in [9.17, 15) is 4.79 Å². The van der Waals surface area contributed by atoms with E-state index in [0.717, 1.165) is 0 Å². The molecule has 4 N–H and O–H groups in total. The van der Waals surface area contributed by atoms with Crippen LogP contribution in [0.2, 0.25) is 0 Å². The van der Waals surface area contributed by atoms with E-state index in [1.807, 2.05) is 13.8 Å². The molecule has 0 aromatic heterocycles. The van der Waals surface area contributed by atoms with E-state index in [-0.39, 0.29) is 7.69 Å². The van der Waals surface area contributed by atoms with Crippen molar-refractivity contribution in [3.05, 3.63) is 0 Å². The second-order valence-electron chi connectivity index (χ2n) is 2.74. The van der Waals surface area contributed by atoms with Gasteiger partial charge in [0.25, 0.3) is 0 Å². The van der Waals surface area contributed by atoms with Crippen LogP contribution in [0.25, 0.3) is 0 Å². The number of hydrogen-bond acceptors (Lipinski definition) is 4. The number of carboxylic acids is 1. The van der Waals surface area contributed by atoms with Gasteiger partial charge in [0.15, 0.2) is 0 Å². The van der Waals surface area contributed by atoms with Crippen LogP contribution in [0.15, 0.2) is 0 Å². The van der Waals surface area contributed by atoms with Crippen LogP contribution in [0.4, 0.5) is 0 Å². The molecule has 1 radical (unpaired) electrons. The molecule has 1 atom stereocenters. The van der Waals surface area contributed by atoms with Crippen LogP contribution < -0.4 is 4.84 Å². The molecule has 0 rings (SSSR count). The van der Waals surface area contributed by atoms with Gasteiger partial charge >= 0.3 is 13.7 Å². The highest BCUT2D eigenvalue weighted by molar-refractivity contribution is 6.14. The SMILES string of the molecule is CC(C)C[C@H](NCl)C(=O)O.O[B]O. The third-order valence-corrected chi connectivity index (χ3v) is 1.40. The van der Waals surface area contributed by atoms with Crippen molar-refractivity contribution in [2.45, 2.75) is 26.3 Å². The Morgan fingerprint density at radius 3 is 2.00 bits per heavy atom. The summed E-state index contributed by atoms with van der Waals surface area (Å²) < 4.78 is 0. The van der Waals surface area contributed by atoms with Crippen molar-refractivity contribution in [3.63, 3.8) is 0 Å². The normalized spacial score (nSPS) is 11.5. The molecule has 0 aromatic carbocycles. The number of carboxylic acid groups (broad SMARTS) is 1. The van der Waals surface area contributed by atoms with Gasteiger partial charge in [0, 0.05) is 0 Å². The monoisotopic (exact) mass is 210 g/mol. The lowest BCUT2D eigenvalue weighted by Gasteiger charge is -2.10. The first kappa shape index (κ1) is 15.2. The topological polar surface area (TPSA) is 89.8 Å². The third kappa shape index (κ3) is 11.7. The highest BCUT2D eigenvalue weighted by Crippen LogP contribution is 2.04. The highest BCUT2D eigenvalue weighted by Gasteiger charge is 2.16. The Hall–Kier alpha value is -0.295. The summed E-state index contributed by atoms with van der Waals surface area (Å²) in [7, 11) is 0. The molecule has 0 bridgehead atoms. The quantitative estimate of drug-likeness (QED) is 0.379. The number of halogens is 1. The predicted molar refractivity (Wildman–Crippen MR) is 50.1 cm³/mol. The van der Waals surface area contributed by atoms with Crippen molar-refractivity contribution in [1.29, 1.82) is 0 Å². The van der Waals surface area contributed by atoms with Crippen molar-refractivity contribution < 1.29 is 19.9 Å². The molecule has 0 aliphatic carbocycles. The fraction of sp³-hybridized carbons (Fsp3) is 0.833. The van der Waals surface area contributed by atoms with Gasteiger partial charge in [-0.05, 0) is 24.1 Å². The Labute approximate surface area is 83.1 Å². The van der Waals surface area contributed by atoms with Gasteiger partial charge in [0.2, 0.25) is 0 Å². The fourth-order valence-electron chi connectivity index (χ4n) is 0.663. The summed E-state index contributed by atoms with van der Waals surface area (Å²) in [6.07, 6.45) is 0.554. The molecule has 0 unspecified atom stereocenters. The molecular weight excluding hydrogens is 196 g/mol. The lowest BCUT2D eigenvalue weighted by atomic mass is 10.1. The minimum atomic E-state index is -0.899. The van der Waals surface area contributed by atoms with Crippen LogP contribution in [0.5, 0.6) is 0 Å². The van der Waals surface area contributed by atoms with Crippen LogP contribution in [-0.4, -0.2) is 34.9 Å². The van der Waals surface area contributed by atoms with Gasteiger partial charge in [-0.3, -0.25) is 4.79 Å². The van der Waals surface area contributed by atoms with Crippen LogP contribution in [0.1, 0.15) is 20.3 Å². The third-order valence-electron chi connectivity index (χ3n) is 1.14. The van der Waals surface area contributed by atoms with Crippen LogP contribution in [-0.2, 0) is 4.79 Å². The smallest absolute Gasteiger partial charge is 0.480 e. The summed E-state index contributed by atoms with van der Waals surface area (Å²) >= 11 is 5.18. The lowest BCUT2D eigenvalue weighted by molar-refractivity contribution is -0.139. The molecule has 13 heavy (non-hydrogen) atoms. The highest BCUT2D eigenvalue weighted by atomic mass is 35.5. The molecule has 0 aromatic rings. The molecule has 77 valence electrons. The lowest BCUT2D eigenvalue weighted by Crippen LogP contribution is -2.31. The zero-order valence-corrected chi connectivity index (χ0v) is 8.32. The van der Waals surface area contributed by atoms with Gasteiger partial charge in [0.05, 0.1) is 0 Å². The first-order valence-corrected chi connectivity index (χ1v) is 4.06. The zero-order valence-electron chi connectivity index (χ0n) is 7.57. The number of hydrogen-bond donors (Lipinski definition) is 4. The molecule has 0 fully saturated rings. The Balaban J connectivity index is 0. The fourth-order valence-corrected chi connectivity index (χ4v) is 0.846. The van der Waals surface area contributed by atoms with Crippen molar-refractivity contribution in [2.24, 2.45) is 5.92 Å². The summed E-state index contributed by atoms with van der Waals surface area (Å²) in [5.41, 5.74) is 0. The number of rotatable bonds is 4. The molecule has 0 amide bonds. The summed E-state index contributed by atoms with van der Waals surface area (Å²) in [4.78, 5) is 12.5. The number of carbonyl (C=O) groups is 1. The molecular formula is C6H14BClNO4. The minimum absolute atomic E-state index is 0. The van der Waals surface area contributed by atoms with E-state index in [1.54, 1.807) is 0 Å². The molecule has 0 heterocycles. The van der Waals surface area contributed by atoms with Crippen molar-refractivity contribution in [3.8, 4) is 0 Å².